The monoisotopic (exact) mass is 224 g/mol. The van der Waals surface area contributed by atoms with Crippen LogP contribution in [0.2, 0.25) is 0 Å². The number of carbonyl (C=O) groups excluding carboxylic acids is 1. The molecule has 0 aliphatic carbocycles. The first-order chi connectivity index (χ1) is 7.20. The Labute approximate surface area is 97.2 Å². The van der Waals surface area contributed by atoms with Crippen LogP contribution >= 0.6 is 0 Å². The Balaban J connectivity index is 2.53. The molecule has 0 aromatic heterocycles. The first-order valence-electron chi connectivity index (χ1n) is 5.59. The largest absolute Gasteiger partial charge is 0.444 e. The Morgan fingerprint density at radius 2 is 1.94 bits per heavy atom. The van der Waals surface area contributed by atoms with Gasteiger partial charge in [-0.15, -0.1) is 0 Å². The van der Waals surface area contributed by atoms with Crippen LogP contribution in [0.15, 0.2) is 0 Å². The second kappa shape index (κ2) is 3.97. The lowest BCUT2D eigenvalue weighted by Gasteiger charge is -2.47. The van der Waals surface area contributed by atoms with E-state index < -0.39 is 5.60 Å². The highest BCUT2D eigenvalue weighted by Crippen LogP contribution is 2.37. The number of likely N-dealkylation sites (tertiary alicyclic amines) is 1. The van der Waals surface area contributed by atoms with Crippen LogP contribution in [-0.4, -0.2) is 29.7 Å². The molecule has 0 N–H and O–H groups in total. The summed E-state index contributed by atoms with van der Waals surface area (Å²) in [6.07, 6.45) is -0.320. The molecule has 1 saturated heterocycles. The summed E-state index contributed by atoms with van der Waals surface area (Å²) in [5.74, 6) is 0.260. The highest BCUT2D eigenvalue weighted by molar-refractivity contribution is 5.69. The van der Waals surface area contributed by atoms with Crippen molar-refractivity contribution < 1.29 is 9.53 Å². The summed E-state index contributed by atoms with van der Waals surface area (Å²) in [4.78, 5) is 13.3. The van der Waals surface area contributed by atoms with E-state index in [0.717, 1.165) is 0 Å². The van der Waals surface area contributed by atoms with Crippen LogP contribution in [0.5, 0.6) is 0 Å². The SMILES string of the molecule is CC(C)C1(C#N)CN(C(=O)OC(C)(C)C)C1. The fourth-order valence-corrected chi connectivity index (χ4v) is 1.66. The van der Waals surface area contributed by atoms with Crippen LogP contribution in [0.25, 0.3) is 0 Å². The van der Waals surface area contributed by atoms with Gasteiger partial charge in [-0.2, -0.15) is 5.26 Å². The first kappa shape index (κ1) is 12.8. The predicted molar refractivity (Wildman–Crippen MR) is 60.7 cm³/mol. The molecule has 1 heterocycles. The normalized spacial score (nSPS) is 18.9. The second-order valence-corrected chi connectivity index (χ2v) is 5.76. The highest BCUT2D eigenvalue weighted by Gasteiger charge is 2.49. The van der Waals surface area contributed by atoms with E-state index in [2.05, 4.69) is 6.07 Å². The molecule has 0 unspecified atom stereocenters. The molecule has 1 fully saturated rings. The molecule has 0 aromatic rings. The number of carbonyl (C=O) groups is 1. The summed E-state index contributed by atoms with van der Waals surface area (Å²) in [6.45, 7) is 10.5. The maximum atomic E-state index is 11.7. The van der Waals surface area contributed by atoms with Gasteiger partial charge >= 0.3 is 6.09 Å². The van der Waals surface area contributed by atoms with Gasteiger partial charge in [-0.3, -0.25) is 0 Å². The number of hydrogen-bond donors (Lipinski definition) is 0. The average molecular weight is 224 g/mol. The van der Waals surface area contributed by atoms with Crippen LogP contribution in [0, 0.1) is 22.7 Å². The molecule has 0 radical (unpaired) electrons. The summed E-state index contributed by atoms with van der Waals surface area (Å²) in [6, 6.07) is 2.31. The van der Waals surface area contributed by atoms with Gasteiger partial charge in [-0.05, 0) is 26.7 Å². The summed E-state index contributed by atoms with van der Waals surface area (Å²) in [7, 11) is 0. The Hall–Kier alpha value is -1.24. The molecule has 1 aliphatic rings. The Morgan fingerprint density at radius 3 is 2.25 bits per heavy atom. The van der Waals surface area contributed by atoms with E-state index in [1.807, 2.05) is 34.6 Å². The Bertz CT molecular complexity index is 317. The lowest BCUT2D eigenvalue weighted by atomic mass is 9.72. The summed E-state index contributed by atoms with van der Waals surface area (Å²) >= 11 is 0. The standard InChI is InChI=1S/C12H20N2O2/c1-9(2)12(6-13)7-14(8-12)10(15)16-11(3,4)5/h9H,7-8H2,1-5H3. The summed E-state index contributed by atoms with van der Waals surface area (Å²) < 4.78 is 5.24. The molecular weight excluding hydrogens is 204 g/mol. The number of nitrogens with zero attached hydrogens (tertiary/aromatic N) is 2. The van der Waals surface area contributed by atoms with Gasteiger partial charge in [0.1, 0.15) is 5.60 Å². The van der Waals surface area contributed by atoms with Gasteiger partial charge < -0.3 is 9.64 Å². The quantitative estimate of drug-likeness (QED) is 0.687. The third-order valence-electron chi connectivity index (χ3n) is 2.93. The smallest absolute Gasteiger partial charge is 0.410 e. The maximum Gasteiger partial charge on any atom is 0.410 e. The minimum Gasteiger partial charge on any atom is -0.444 e. The van der Waals surface area contributed by atoms with Crippen molar-refractivity contribution in [2.24, 2.45) is 11.3 Å². The van der Waals surface area contributed by atoms with Crippen molar-refractivity contribution in [1.82, 2.24) is 4.90 Å². The van der Waals surface area contributed by atoms with Crippen LogP contribution in [-0.2, 0) is 4.74 Å². The zero-order valence-electron chi connectivity index (χ0n) is 10.7. The van der Waals surface area contributed by atoms with E-state index in [-0.39, 0.29) is 17.4 Å². The minimum absolute atomic E-state index is 0.260. The first-order valence-corrected chi connectivity index (χ1v) is 5.59. The van der Waals surface area contributed by atoms with Crippen LogP contribution < -0.4 is 0 Å². The van der Waals surface area contributed by atoms with Gasteiger partial charge in [0.15, 0.2) is 0 Å². The fraction of sp³-hybridized carbons (Fsp3) is 0.833. The predicted octanol–water partition coefficient (Wildman–Crippen LogP) is 2.40. The molecule has 90 valence electrons. The minimum atomic E-state index is -0.472. The molecule has 1 amide bonds. The number of ether oxygens (including phenoxy) is 1. The lowest BCUT2D eigenvalue weighted by Crippen LogP contribution is -2.60. The lowest BCUT2D eigenvalue weighted by molar-refractivity contribution is -0.0291. The third kappa shape index (κ3) is 2.46. The van der Waals surface area contributed by atoms with Gasteiger partial charge in [-0.1, -0.05) is 13.8 Å². The zero-order valence-corrected chi connectivity index (χ0v) is 10.7. The molecule has 4 heteroatoms. The molecule has 0 saturated carbocycles. The number of amides is 1. The molecular formula is C12H20N2O2. The zero-order chi connectivity index (χ0) is 12.6. The van der Waals surface area contributed by atoms with Crippen LogP contribution in [0.1, 0.15) is 34.6 Å². The molecule has 0 bridgehead atoms. The van der Waals surface area contributed by atoms with Crippen molar-refractivity contribution in [2.45, 2.75) is 40.2 Å². The van der Waals surface area contributed by atoms with Crippen LogP contribution in [0.3, 0.4) is 0 Å². The molecule has 16 heavy (non-hydrogen) atoms. The van der Waals surface area contributed by atoms with E-state index in [1.165, 1.54) is 0 Å². The topological polar surface area (TPSA) is 53.3 Å². The van der Waals surface area contributed by atoms with Crippen LogP contribution in [0.4, 0.5) is 4.79 Å². The number of nitriles is 1. The van der Waals surface area contributed by atoms with E-state index in [9.17, 15) is 4.79 Å². The second-order valence-electron chi connectivity index (χ2n) is 5.76. The molecule has 4 nitrogen and oxygen atoms in total. The summed E-state index contributed by atoms with van der Waals surface area (Å²) in [5, 5.41) is 9.11. The van der Waals surface area contributed by atoms with Crippen molar-refractivity contribution >= 4 is 6.09 Å². The van der Waals surface area contributed by atoms with E-state index >= 15 is 0 Å². The molecule has 0 aromatic carbocycles. The highest BCUT2D eigenvalue weighted by atomic mass is 16.6. The van der Waals surface area contributed by atoms with Gasteiger partial charge in [0.25, 0.3) is 0 Å². The third-order valence-corrected chi connectivity index (χ3v) is 2.93. The van der Waals surface area contributed by atoms with E-state index in [1.54, 1.807) is 4.90 Å². The van der Waals surface area contributed by atoms with Crippen molar-refractivity contribution in [1.29, 1.82) is 5.26 Å². The maximum absolute atomic E-state index is 11.7. The average Bonchev–Trinajstić information content (AvgIpc) is 1.98. The van der Waals surface area contributed by atoms with Gasteiger partial charge in [0.05, 0.1) is 11.5 Å². The van der Waals surface area contributed by atoms with Crippen molar-refractivity contribution in [2.75, 3.05) is 13.1 Å². The molecule has 0 spiro atoms. The van der Waals surface area contributed by atoms with Crippen molar-refractivity contribution in [3.8, 4) is 6.07 Å². The summed E-state index contributed by atoms with van der Waals surface area (Å²) in [5.41, 5.74) is -0.850. The van der Waals surface area contributed by atoms with Gasteiger partial charge in [0.2, 0.25) is 0 Å². The van der Waals surface area contributed by atoms with Crippen molar-refractivity contribution in [3.05, 3.63) is 0 Å². The molecule has 0 atom stereocenters. The number of hydrogen-bond acceptors (Lipinski definition) is 3. The van der Waals surface area contributed by atoms with Crippen molar-refractivity contribution in [3.63, 3.8) is 0 Å². The van der Waals surface area contributed by atoms with Gasteiger partial charge in [0, 0.05) is 13.1 Å². The van der Waals surface area contributed by atoms with E-state index in [0.29, 0.717) is 13.1 Å². The molecule has 1 aliphatic heterocycles. The van der Waals surface area contributed by atoms with Gasteiger partial charge in [-0.25, -0.2) is 4.79 Å². The Kier molecular flexibility index (Phi) is 3.18. The number of rotatable bonds is 1. The fourth-order valence-electron chi connectivity index (χ4n) is 1.66. The molecule has 1 rings (SSSR count). The Morgan fingerprint density at radius 1 is 1.44 bits per heavy atom. The van der Waals surface area contributed by atoms with E-state index in [4.69, 9.17) is 10.00 Å².